The number of carboxylic acid groups (broad SMARTS) is 3. The second kappa shape index (κ2) is 12.7. The maximum absolute atomic E-state index is 12.8. The highest BCUT2D eigenvalue weighted by atomic mass is 32.2. The second-order valence-corrected chi connectivity index (χ2v) is 10.1. The van der Waals surface area contributed by atoms with Gasteiger partial charge in [-0.2, -0.15) is 5.10 Å². The number of aromatic amines is 2. The van der Waals surface area contributed by atoms with Crippen molar-refractivity contribution >= 4 is 65.0 Å². The van der Waals surface area contributed by atoms with Gasteiger partial charge in [-0.1, -0.05) is 24.0 Å². The van der Waals surface area contributed by atoms with E-state index >= 15 is 0 Å². The van der Waals surface area contributed by atoms with Crippen LogP contribution in [0.4, 0.5) is 0 Å². The first-order valence-corrected chi connectivity index (χ1v) is 12.9. The first kappa shape index (κ1) is 28.1. The Kier molecular flexibility index (Phi) is 9.61. The van der Waals surface area contributed by atoms with E-state index < -0.39 is 29.4 Å². The van der Waals surface area contributed by atoms with Crippen LogP contribution >= 0.6 is 35.7 Å². The molecule has 2 aliphatic heterocycles. The van der Waals surface area contributed by atoms with Gasteiger partial charge in [0.15, 0.2) is 5.16 Å². The molecule has 3 atom stereocenters. The van der Waals surface area contributed by atoms with Gasteiger partial charge in [0.25, 0.3) is 12.4 Å². The zero-order chi connectivity index (χ0) is 27.1. The fourth-order valence-corrected chi connectivity index (χ4v) is 6.04. The number of β-lactam (4-membered cyclic amide) rings is 1. The number of carbonyl (C=O) groups is 4. The van der Waals surface area contributed by atoms with Gasteiger partial charge in [-0.05, 0) is 5.57 Å². The number of H-pyrrole nitrogens is 2. The van der Waals surface area contributed by atoms with Crippen molar-refractivity contribution in [3.05, 3.63) is 35.3 Å². The molecular weight excluding hydrogens is 548 g/mol. The van der Waals surface area contributed by atoms with Gasteiger partial charge in [0, 0.05) is 29.8 Å². The Morgan fingerprint density at radius 3 is 2.76 bits per heavy atom. The number of rotatable bonds is 10. The average Bonchev–Trinajstić information content (AvgIpc) is 3.53. The fraction of sp³-hybridized carbons (Fsp3) is 0.368. The number of nitrogens with one attached hydrogen (secondary N) is 3. The van der Waals surface area contributed by atoms with E-state index in [1.165, 1.54) is 40.9 Å². The molecule has 1 saturated heterocycles. The Labute approximate surface area is 222 Å². The summed E-state index contributed by atoms with van der Waals surface area (Å²) in [5.41, 5.74) is 6.72. The molecule has 0 radical (unpaired) electrons. The number of hydrogen-bond donors (Lipinski definition) is 7. The molecule has 2 aliphatic rings. The minimum absolute atomic E-state index is 0.00446. The van der Waals surface area contributed by atoms with Crippen LogP contribution in [0.3, 0.4) is 0 Å². The van der Waals surface area contributed by atoms with Crippen molar-refractivity contribution in [2.45, 2.75) is 35.5 Å². The van der Waals surface area contributed by atoms with Gasteiger partial charge in [0.1, 0.15) is 35.3 Å². The third-order valence-electron chi connectivity index (χ3n) is 5.11. The molecule has 0 spiro atoms. The van der Waals surface area contributed by atoms with E-state index in [4.69, 9.17) is 33.0 Å². The smallest absolute Gasteiger partial charge is 0.352 e. The Morgan fingerprint density at radius 2 is 2.14 bits per heavy atom. The van der Waals surface area contributed by atoms with Crippen molar-refractivity contribution in [1.82, 2.24) is 35.4 Å². The summed E-state index contributed by atoms with van der Waals surface area (Å²) < 4.78 is 0. The number of carboxylic acids is 2. The molecule has 198 valence electrons. The number of amides is 1. The summed E-state index contributed by atoms with van der Waals surface area (Å²) in [5.74, 6) is -1.32. The molecule has 15 nitrogen and oxygen atoms in total. The molecule has 1 unspecified atom stereocenters. The Balaban J connectivity index is 0.00000121. The largest absolute Gasteiger partial charge is 0.483 e. The van der Waals surface area contributed by atoms with E-state index in [0.29, 0.717) is 38.7 Å². The number of aliphatic carboxylic acids is 2. The number of thiocarbonyl (C=S) groups is 1. The molecule has 4 rings (SSSR count). The highest BCUT2D eigenvalue weighted by Gasteiger charge is 2.53. The van der Waals surface area contributed by atoms with Crippen LogP contribution in [0.2, 0.25) is 0 Å². The Bertz CT molecular complexity index is 1200. The summed E-state index contributed by atoms with van der Waals surface area (Å²) in [4.78, 5) is 56.8. The van der Waals surface area contributed by atoms with Gasteiger partial charge in [-0.25, -0.2) is 14.8 Å². The van der Waals surface area contributed by atoms with E-state index in [1.807, 2.05) is 0 Å². The molecule has 0 aliphatic carbocycles. The lowest BCUT2D eigenvalue weighted by Crippen LogP contribution is -2.70. The molecule has 1 fully saturated rings. The van der Waals surface area contributed by atoms with Crippen molar-refractivity contribution in [3.63, 3.8) is 0 Å². The van der Waals surface area contributed by atoms with E-state index in [2.05, 4.69) is 30.5 Å². The van der Waals surface area contributed by atoms with Crippen LogP contribution in [0.25, 0.3) is 0 Å². The number of aromatic nitrogens is 5. The molecule has 0 aromatic carbocycles. The third kappa shape index (κ3) is 6.85. The van der Waals surface area contributed by atoms with Crippen molar-refractivity contribution in [2.75, 3.05) is 11.5 Å². The van der Waals surface area contributed by atoms with Crippen molar-refractivity contribution in [3.8, 4) is 0 Å². The number of carbonyl (C=O) groups excluding carboxylic acids is 1. The highest BCUT2D eigenvalue weighted by molar-refractivity contribution is 8.01. The average molecular weight is 571 g/mol. The van der Waals surface area contributed by atoms with E-state index in [9.17, 15) is 19.5 Å². The molecule has 1 amide bonds. The number of hydrogen-bond acceptors (Lipinski definition) is 11. The van der Waals surface area contributed by atoms with Crippen LogP contribution in [-0.2, 0) is 32.0 Å². The van der Waals surface area contributed by atoms with Gasteiger partial charge in [0.05, 0.1) is 11.4 Å². The molecule has 4 heterocycles. The number of fused-ring (bicyclic) bond motifs is 1. The number of nitrogens with two attached hydrogens (primary N) is 1. The highest BCUT2D eigenvalue weighted by Crippen LogP contribution is 2.41. The zero-order valence-corrected chi connectivity index (χ0v) is 21.3. The fourth-order valence-electron chi connectivity index (χ4n) is 3.51. The van der Waals surface area contributed by atoms with Crippen LogP contribution in [0, 0.1) is 0 Å². The Hall–Kier alpha value is -3.48. The lowest BCUT2D eigenvalue weighted by atomic mass is 10.0. The monoisotopic (exact) mass is 570 g/mol. The maximum atomic E-state index is 12.8. The molecule has 37 heavy (non-hydrogen) atoms. The van der Waals surface area contributed by atoms with Gasteiger partial charge >= 0.3 is 11.9 Å². The van der Waals surface area contributed by atoms with Crippen LogP contribution < -0.4 is 11.1 Å². The zero-order valence-electron chi connectivity index (χ0n) is 18.9. The molecule has 2 aromatic heterocycles. The topological polar surface area (TPSA) is 241 Å². The standard InChI is InChI=1S/C18H20N8O5S3.CH2O2/c19-9(16(28)29)1-8-3-20-10(23-8)2-11(32)24-12-14(27)26-13(17(30)31)7(4-33-15(12)26)5-34-18-21-6-22-25-18;2-1-3/h3,6,9,12,15H,1-2,4-5,19H2,(H,20,23)(H,24,32)(H,28,29)(H,30,31)(H,21,22,25);1H,(H,2,3)/t9?,12-,15+;/m1./s1. The van der Waals surface area contributed by atoms with E-state index in [1.54, 1.807) is 0 Å². The summed E-state index contributed by atoms with van der Waals surface area (Å²) in [6.07, 6.45) is 3.17. The summed E-state index contributed by atoms with van der Waals surface area (Å²) in [7, 11) is 0. The number of thioether (sulfide) groups is 2. The number of imidazole rings is 1. The summed E-state index contributed by atoms with van der Waals surface area (Å²) in [6.45, 7) is -0.250. The van der Waals surface area contributed by atoms with Crippen molar-refractivity contribution < 1.29 is 34.5 Å². The molecule has 8 N–H and O–H groups in total. The van der Waals surface area contributed by atoms with Gasteiger partial charge < -0.3 is 31.4 Å². The van der Waals surface area contributed by atoms with Crippen molar-refractivity contribution in [1.29, 1.82) is 0 Å². The quantitative estimate of drug-likeness (QED) is 0.0789. The summed E-state index contributed by atoms with van der Waals surface area (Å²) in [6, 6.07) is -1.69. The second-order valence-electron chi connectivity index (χ2n) is 7.58. The number of nitrogens with zero attached hydrogens (tertiary/aromatic N) is 4. The molecule has 0 bridgehead atoms. The van der Waals surface area contributed by atoms with Gasteiger partial charge in [-0.15, -0.1) is 11.8 Å². The van der Waals surface area contributed by atoms with Gasteiger partial charge in [-0.3, -0.25) is 24.4 Å². The Morgan fingerprint density at radius 1 is 1.41 bits per heavy atom. The summed E-state index contributed by atoms with van der Waals surface area (Å²) in [5, 5.41) is 35.2. The third-order valence-corrected chi connectivity index (χ3v) is 7.67. The van der Waals surface area contributed by atoms with Gasteiger partial charge in [0.2, 0.25) is 0 Å². The van der Waals surface area contributed by atoms with Crippen LogP contribution in [0.1, 0.15) is 11.5 Å². The molecule has 2 aromatic rings. The first-order valence-electron chi connectivity index (χ1n) is 10.4. The lowest BCUT2D eigenvalue weighted by Gasteiger charge is -2.49. The van der Waals surface area contributed by atoms with Crippen LogP contribution in [0.5, 0.6) is 0 Å². The molecule has 18 heteroatoms. The van der Waals surface area contributed by atoms with Crippen LogP contribution in [0.15, 0.2) is 29.0 Å². The normalized spacial score (nSPS) is 19.2. The van der Waals surface area contributed by atoms with Crippen molar-refractivity contribution in [2.24, 2.45) is 5.73 Å². The van der Waals surface area contributed by atoms with E-state index in [0.717, 1.165) is 0 Å². The first-order chi connectivity index (χ1) is 17.7. The lowest BCUT2D eigenvalue weighted by molar-refractivity contribution is -0.148. The molecular formula is C19H22N8O7S3. The van der Waals surface area contributed by atoms with E-state index in [-0.39, 0.29) is 30.9 Å². The molecule has 0 saturated carbocycles. The predicted octanol–water partition coefficient (Wildman–Crippen LogP) is -0.943. The minimum atomic E-state index is -1.16. The summed E-state index contributed by atoms with van der Waals surface area (Å²) >= 11 is 8.15. The SMILES string of the molecule is NC(Cc1cnc(CC(=S)N[C@@H]2C(=O)N3C(C(=O)O)=C(CSc4ncn[nH]4)CS[C@@H]23)[nH]1)C(=O)O.O=CO. The maximum Gasteiger partial charge on any atom is 0.352 e. The predicted molar refractivity (Wildman–Crippen MR) is 135 cm³/mol. The van der Waals surface area contributed by atoms with Crippen LogP contribution in [-0.4, -0.2) is 104 Å². The minimum Gasteiger partial charge on any atom is -0.483 e.